The van der Waals surface area contributed by atoms with E-state index >= 15 is 0 Å². The molecule has 2 unspecified atom stereocenters. The van der Waals surface area contributed by atoms with Crippen LogP contribution in [0.25, 0.3) is 0 Å². The molecule has 0 heterocycles. The van der Waals surface area contributed by atoms with E-state index in [-0.39, 0.29) is 17.4 Å². The molecule has 0 aromatic heterocycles. The number of hydrogen-bond donors (Lipinski definition) is 1. The van der Waals surface area contributed by atoms with Gasteiger partial charge in [-0.25, -0.2) is 8.42 Å². The van der Waals surface area contributed by atoms with E-state index in [1.54, 1.807) is 13.8 Å². The molecule has 0 aliphatic carbocycles. The quantitative estimate of drug-likeness (QED) is 0.740. The van der Waals surface area contributed by atoms with Gasteiger partial charge < -0.3 is 5.11 Å². The first-order chi connectivity index (χ1) is 6.30. The molecule has 0 radical (unpaired) electrons. The Labute approximate surface area is 87.4 Å². The van der Waals surface area contributed by atoms with Crippen molar-refractivity contribution in [3.8, 4) is 0 Å². The predicted octanol–water partition coefficient (Wildman–Crippen LogP) is 1.46. The minimum atomic E-state index is -2.89. The number of aliphatic hydroxyl groups excluding tert-OH is 1. The predicted molar refractivity (Wildman–Crippen MR) is 59.0 cm³/mol. The van der Waals surface area contributed by atoms with Gasteiger partial charge in [0.1, 0.15) is 9.84 Å². The lowest BCUT2D eigenvalue weighted by Gasteiger charge is -2.23. The van der Waals surface area contributed by atoms with Crippen LogP contribution in [0.2, 0.25) is 0 Å². The lowest BCUT2D eigenvalue weighted by Crippen LogP contribution is -2.25. The summed E-state index contributed by atoms with van der Waals surface area (Å²) in [4.78, 5) is 0. The molecule has 3 nitrogen and oxygen atoms in total. The standard InChI is InChI=1S/C10H22O3S/c1-5-14(12,13)7-6-10(8(2)3)9(4)11/h8-11H,5-7H2,1-4H3. The molecule has 1 N–H and O–H groups in total. The Bertz CT molecular complexity index is 234. The third kappa shape index (κ3) is 4.96. The monoisotopic (exact) mass is 222 g/mol. The molecule has 2 atom stereocenters. The molecule has 14 heavy (non-hydrogen) atoms. The molecule has 4 heteroatoms. The highest BCUT2D eigenvalue weighted by Gasteiger charge is 2.21. The number of hydrogen-bond acceptors (Lipinski definition) is 3. The summed E-state index contributed by atoms with van der Waals surface area (Å²) < 4.78 is 22.5. The van der Waals surface area contributed by atoms with Crippen LogP contribution in [0.3, 0.4) is 0 Å². The summed E-state index contributed by atoms with van der Waals surface area (Å²) in [5.41, 5.74) is 0. The van der Waals surface area contributed by atoms with Crippen molar-refractivity contribution in [3.05, 3.63) is 0 Å². The SMILES string of the molecule is CCS(=O)(=O)CCC(C(C)C)C(C)O. The average molecular weight is 222 g/mol. The summed E-state index contributed by atoms with van der Waals surface area (Å²) in [7, 11) is -2.89. The van der Waals surface area contributed by atoms with Gasteiger partial charge in [-0.1, -0.05) is 20.8 Å². The molecule has 0 aromatic carbocycles. The lowest BCUT2D eigenvalue weighted by molar-refractivity contribution is 0.0956. The van der Waals surface area contributed by atoms with Gasteiger partial charge in [0.15, 0.2) is 0 Å². The first kappa shape index (κ1) is 13.9. The van der Waals surface area contributed by atoms with Crippen LogP contribution in [0.15, 0.2) is 0 Å². The zero-order valence-electron chi connectivity index (χ0n) is 9.53. The minimum absolute atomic E-state index is 0.0799. The molecule has 86 valence electrons. The van der Waals surface area contributed by atoms with Crippen LogP contribution in [-0.2, 0) is 9.84 Å². The summed E-state index contributed by atoms with van der Waals surface area (Å²) in [6, 6.07) is 0. The van der Waals surface area contributed by atoms with E-state index in [0.29, 0.717) is 12.3 Å². The Balaban J connectivity index is 4.21. The van der Waals surface area contributed by atoms with Gasteiger partial charge in [0, 0.05) is 5.75 Å². The topological polar surface area (TPSA) is 54.4 Å². The molecule has 0 aliphatic heterocycles. The zero-order chi connectivity index (χ0) is 11.4. The van der Waals surface area contributed by atoms with Gasteiger partial charge in [0.2, 0.25) is 0 Å². The Hall–Kier alpha value is -0.0900. The maximum absolute atomic E-state index is 11.3. The molecular formula is C10H22O3S. The smallest absolute Gasteiger partial charge is 0.150 e. The highest BCUT2D eigenvalue weighted by atomic mass is 32.2. The fourth-order valence-electron chi connectivity index (χ4n) is 1.59. The van der Waals surface area contributed by atoms with Gasteiger partial charge in [0.05, 0.1) is 11.9 Å². The zero-order valence-corrected chi connectivity index (χ0v) is 10.3. The normalized spacial score (nSPS) is 17.0. The van der Waals surface area contributed by atoms with Crippen LogP contribution in [0.4, 0.5) is 0 Å². The molecule has 0 rings (SSSR count). The van der Waals surface area contributed by atoms with E-state index in [0.717, 1.165) is 0 Å². The average Bonchev–Trinajstić information content (AvgIpc) is 2.03. The van der Waals surface area contributed by atoms with Gasteiger partial charge in [-0.15, -0.1) is 0 Å². The van der Waals surface area contributed by atoms with Crippen LogP contribution in [0, 0.1) is 11.8 Å². The molecule has 0 aromatic rings. The van der Waals surface area contributed by atoms with E-state index < -0.39 is 15.9 Å². The summed E-state index contributed by atoms with van der Waals surface area (Å²) in [5.74, 6) is 0.785. The molecule has 0 bridgehead atoms. The van der Waals surface area contributed by atoms with E-state index in [4.69, 9.17) is 0 Å². The Morgan fingerprint density at radius 2 is 1.71 bits per heavy atom. The maximum atomic E-state index is 11.3. The van der Waals surface area contributed by atoms with E-state index in [9.17, 15) is 13.5 Å². The summed E-state index contributed by atoms with van der Waals surface area (Å²) >= 11 is 0. The third-order valence-corrected chi connectivity index (χ3v) is 4.42. The Morgan fingerprint density at radius 1 is 1.21 bits per heavy atom. The first-order valence-corrected chi connectivity index (χ1v) is 7.00. The third-order valence-electron chi connectivity index (χ3n) is 2.68. The van der Waals surface area contributed by atoms with Crippen LogP contribution < -0.4 is 0 Å². The van der Waals surface area contributed by atoms with Crippen molar-refractivity contribution >= 4 is 9.84 Å². The van der Waals surface area contributed by atoms with E-state index in [2.05, 4.69) is 0 Å². The second kappa shape index (κ2) is 5.71. The summed E-state index contributed by atoms with van der Waals surface area (Å²) in [6.45, 7) is 7.40. The number of aliphatic hydroxyl groups is 1. The Kier molecular flexibility index (Phi) is 5.67. The van der Waals surface area contributed by atoms with Crippen LogP contribution in [-0.4, -0.2) is 31.1 Å². The molecule has 0 saturated heterocycles. The summed E-state index contributed by atoms with van der Waals surface area (Å²) in [5, 5.41) is 9.46. The number of rotatable bonds is 6. The second-order valence-corrected chi connectivity index (χ2v) is 6.65. The van der Waals surface area contributed by atoms with Crippen LogP contribution in [0.1, 0.15) is 34.1 Å². The van der Waals surface area contributed by atoms with Crippen molar-refractivity contribution < 1.29 is 13.5 Å². The Morgan fingerprint density at radius 3 is 2.00 bits per heavy atom. The van der Waals surface area contributed by atoms with Gasteiger partial charge in [-0.3, -0.25) is 0 Å². The molecule has 0 spiro atoms. The van der Waals surface area contributed by atoms with Crippen molar-refractivity contribution in [3.63, 3.8) is 0 Å². The van der Waals surface area contributed by atoms with E-state index in [1.165, 1.54) is 0 Å². The molecule has 0 fully saturated rings. The van der Waals surface area contributed by atoms with Crippen molar-refractivity contribution in [2.75, 3.05) is 11.5 Å². The molecule has 0 aliphatic rings. The largest absolute Gasteiger partial charge is 0.393 e. The van der Waals surface area contributed by atoms with Crippen molar-refractivity contribution in [2.24, 2.45) is 11.8 Å². The van der Waals surface area contributed by atoms with Gasteiger partial charge in [-0.05, 0) is 25.2 Å². The van der Waals surface area contributed by atoms with E-state index in [1.807, 2.05) is 13.8 Å². The first-order valence-electron chi connectivity index (χ1n) is 5.18. The highest BCUT2D eigenvalue weighted by molar-refractivity contribution is 7.91. The molecular weight excluding hydrogens is 200 g/mol. The van der Waals surface area contributed by atoms with Crippen LogP contribution >= 0.6 is 0 Å². The van der Waals surface area contributed by atoms with Crippen LogP contribution in [0.5, 0.6) is 0 Å². The second-order valence-electron chi connectivity index (χ2n) is 4.17. The van der Waals surface area contributed by atoms with Crippen molar-refractivity contribution in [2.45, 2.75) is 40.2 Å². The van der Waals surface area contributed by atoms with Crippen molar-refractivity contribution in [1.82, 2.24) is 0 Å². The van der Waals surface area contributed by atoms with Crippen molar-refractivity contribution in [1.29, 1.82) is 0 Å². The lowest BCUT2D eigenvalue weighted by atomic mass is 9.89. The summed E-state index contributed by atoms with van der Waals surface area (Å²) in [6.07, 6.45) is 0.132. The molecule has 0 saturated carbocycles. The maximum Gasteiger partial charge on any atom is 0.150 e. The van der Waals surface area contributed by atoms with Gasteiger partial charge >= 0.3 is 0 Å². The fourth-order valence-corrected chi connectivity index (χ4v) is 2.51. The minimum Gasteiger partial charge on any atom is -0.393 e. The molecule has 0 amide bonds. The number of sulfone groups is 1. The highest BCUT2D eigenvalue weighted by Crippen LogP contribution is 2.20. The van der Waals surface area contributed by atoms with Gasteiger partial charge in [0.25, 0.3) is 0 Å². The fraction of sp³-hybridized carbons (Fsp3) is 1.00. The van der Waals surface area contributed by atoms with Gasteiger partial charge in [-0.2, -0.15) is 0 Å².